The topological polar surface area (TPSA) is 118 Å². The fourth-order valence-corrected chi connectivity index (χ4v) is 1.95. The second-order valence-electron chi connectivity index (χ2n) is 4.94. The van der Waals surface area contributed by atoms with Gasteiger partial charge in [-0.3, -0.25) is 20.6 Å². The summed E-state index contributed by atoms with van der Waals surface area (Å²) in [5, 5.41) is 2.95. The van der Waals surface area contributed by atoms with Crippen molar-refractivity contribution in [1.29, 1.82) is 0 Å². The Hall–Kier alpha value is -3.75. The van der Waals surface area contributed by atoms with Gasteiger partial charge in [0.15, 0.2) is 11.6 Å². The van der Waals surface area contributed by atoms with Crippen molar-refractivity contribution >= 4 is 28.9 Å². The molecule has 0 fully saturated rings. The number of nitrogen functional groups attached to an aromatic ring is 1. The van der Waals surface area contributed by atoms with E-state index < -0.39 is 0 Å². The number of carbonyl (C=O) groups excluding carboxylic acids is 1. The van der Waals surface area contributed by atoms with Crippen molar-refractivity contribution < 1.29 is 9.18 Å². The minimum atomic E-state index is -0.390. The van der Waals surface area contributed by atoms with E-state index in [9.17, 15) is 9.18 Å². The molecule has 9 heteroatoms. The molecule has 0 bridgehead atoms. The van der Waals surface area contributed by atoms with Gasteiger partial charge in [-0.25, -0.2) is 14.4 Å². The number of nitrogens with zero attached hydrogens (tertiary/aromatic N) is 3. The number of hydrogen-bond acceptors (Lipinski definition) is 7. The minimum Gasteiger partial charge on any atom is -0.393 e. The van der Waals surface area contributed by atoms with Crippen LogP contribution >= 0.6 is 0 Å². The molecule has 0 unspecified atom stereocenters. The van der Waals surface area contributed by atoms with Gasteiger partial charge in [-0.15, -0.1) is 0 Å². The Kier molecular flexibility index (Phi) is 4.65. The molecule has 0 aliphatic heterocycles. The van der Waals surface area contributed by atoms with E-state index >= 15 is 0 Å². The lowest BCUT2D eigenvalue weighted by Crippen LogP contribution is -2.30. The molecule has 2 heterocycles. The summed E-state index contributed by atoms with van der Waals surface area (Å²) in [4.78, 5) is 23.9. The maximum atomic E-state index is 13.0. The molecule has 0 radical (unpaired) electrons. The Bertz CT molecular complexity index is 871. The molecule has 8 nitrogen and oxygen atoms in total. The van der Waals surface area contributed by atoms with E-state index in [2.05, 4.69) is 31.1 Å². The van der Waals surface area contributed by atoms with Crippen molar-refractivity contribution in [3.63, 3.8) is 0 Å². The number of anilines is 4. The second kappa shape index (κ2) is 7.21. The molecular formula is C16H14FN7O. The summed E-state index contributed by atoms with van der Waals surface area (Å²) in [6, 6.07) is 9.00. The smallest absolute Gasteiger partial charge is 0.271 e. The average Bonchev–Trinajstić information content (AvgIpc) is 2.64. The van der Waals surface area contributed by atoms with Crippen LogP contribution in [0.1, 0.15) is 10.4 Å². The number of halogens is 1. The Balaban J connectivity index is 1.70. The summed E-state index contributed by atoms with van der Waals surface area (Å²) in [5.41, 5.74) is 12.3. The SMILES string of the molecule is Nc1c(NNC(=O)c2cccnc2)ncnc1Nc1ccc(F)cc1. The van der Waals surface area contributed by atoms with Gasteiger partial charge in [0, 0.05) is 18.1 Å². The number of amides is 1. The van der Waals surface area contributed by atoms with Crippen molar-refractivity contribution in [3.8, 4) is 0 Å². The summed E-state index contributed by atoms with van der Waals surface area (Å²) in [6.45, 7) is 0. The number of hydrazine groups is 1. The van der Waals surface area contributed by atoms with Crippen LogP contribution in [-0.4, -0.2) is 20.9 Å². The molecule has 0 saturated heterocycles. The molecule has 5 N–H and O–H groups in total. The van der Waals surface area contributed by atoms with Crippen LogP contribution in [0.25, 0.3) is 0 Å². The highest BCUT2D eigenvalue weighted by molar-refractivity contribution is 5.94. The largest absolute Gasteiger partial charge is 0.393 e. The number of nitrogens with two attached hydrogens (primary N) is 1. The number of carbonyl (C=O) groups is 1. The Morgan fingerprint density at radius 2 is 1.84 bits per heavy atom. The molecule has 0 spiro atoms. The molecule has 0 aliphatic rings. The van der Waals surface area contributed by atoms with Gasteiger partial charge in [-0.1, -0.05) is 0 Å². The van der Waals surface area contributed by atoms with E-state index in [1.54, 1.807) is 30.5 Å². The Morgan fingerprint density at radius 1 is 1.08 bits per heavy atom. The lowest BCUT2D eigenvalue weighted by molar-refractivity contribution is 0.0962. The molecule has 0 atom stereocenters. The third-order valence-electron chi connectivity index (χ3n) is 3.21. The number of benzene rings is 1. The van der Waals surface area contributed by atoms with Crippen molar-refractivity contribution in [2.24, 2.45) is 0 Å². The first-order valence-corrected chi connectivity index (χ1v) is 7.23. The lowest BCUT2D eigenvalue weighted by Gasteiger charge is -2.13. The summed E-state index contributed by atoms with van der Waals surface area (Å²) in [5.74, 6) is -0.197. The zero-order valence-electron chi connectivity index (χ0n) is 12.9. The average molecular weight is 339 g/mol. The van der Waals surface area contributed by atoms with Crippen LogP contribution in [0.15, 0.2) is 55.1 Å². The number of aromatic nitrogens is 3. The quantitative estimate of drug-likeness (QED) is 0.526. The molecule has 25 heavy (non-hydrogen) atoms. The van der Waals surface area contributed by atoms with E-state index in [4.69, 9.17) is 5.73 Å². The predicted octanol–water partition coefficient (Wildman–Crippen LogP) is 2.09. The highest BCUT2D eigenvalue weighted by Gasteiger charge is 2.10. The molecule has 1 aromatic carbocycles. The fraction of sp³-hybridized carbons (Fsp3) is 0. The minimum absolute atomic E-state index is 0.193. The maximum absolute atomic E-state index is 13.0. The van der Waals surface area contributed by atoms with Gasteiger partial charge in [0.2, 0.25) is 0 Å². The number of hydrogen-bond donors (Lipinski definition) is 4. The van der Waals surface area contributed by atoms with Gasteiger partial charge < -0.3 is 11.1 Å². The summed E-state index contributed by atoms with van der Waals surface area (Å²) >= 11 is 0. The first-order valence-electron chi connectivity index (χ1n) is 7.23. The van der Waals surface area contributed by atoms with E-state index in [0.29, 0.717) is 17.1 Å². The van der Waals surface area contributed by atoms with Crippen LogP contribution in [0.3, 0.4) is 0 Å². The van der Waals surface area contributed by atoms with Crippen LogP contribution in [0.2, 0.25) is 0 Å². The van der Waals surface area contributed by atoms with E-state index in [1.165, 1.54) is 24.7 Å². The third-order valence-corrected chi connectivity index (χ3v) is 3.21. The summed E-state index contributed by atoms with van der Waals surface area (Å²) in [6.07, 6.45) is 4.28. The highest BCUT2D eigenvalue weighted by Crippen LogP contribution is 2.25. The van der Waals surface area contributed by atoms with Crippen LogP contribution in [0.4, 0.5) is 27.4 Å². The maximum Gasteiger partial charge on any atom is 0.271 e. The van der Waals surface area contributed by atoms with E-state index in [0.717, 1.165) is 0 Å². The molecule has 2 aromatic heterocycles. The monoisotopic (exact) mass is 339 g/mol. The fourth-order valence-electron chi connectivity index (χ4n) is 1.95. The van der Waals surface area contributed by atoms with Crippen LogP contribution < -0.4 is 21.9 Å². The van der Waals surface area contributed by atoms with Crippen molar-refractivity contribution in [2.45, 2.75) is 0 Å². The number of rotatable bonds is 5. The van der Waals surface area contributed by atoms with Gasteiger partial charge in [-0.2, -0.15) is 0 Å². The lowest BCUT2D eigenvalue weighted by atomic mass is 10.3. The van der Waals surface area contributed by atoms with Crippen LogP contribution in [0, 0.1) is 5.82 Å². The van der Waals surface area contributed by atoms with Crippen LogP contribution in [-0.2, 0) is 0 Å². The zero-order valence-corrected chi connectivity index (χ0v) is 12.9. The van der Waals surface area contributed by atoms with Gasteiger partial charge >= 0.3 is 0 Å². The molecule has 3 rings (SSSR count). The normalized spacial score (nSPS) is 10.1. The predicted molar refractivity (Wildman–Crippen MR) is 91.5 cm³/mol. The number of pyridine rings is 1. The van der Waals surface area contributed by atoms with Gasteiger partial charge in [0.25, 0.3) is 5.91 Å². The Labute approximate surface area is 142 Å². The van der Waals surface area contributed by atoms with E-state index in [-0.39, 0.29) is 23.2 Å². The summed E-state index contributed by atoms with van der Waals surface area (Å²) < 4.78 is 13.0. The molecule has 0 saturated carbocycles. The van der Waals surface area contributed by atoms with Gasteiger partial charge in [0.05, 0.1) is 5.56 Å². The molecule has 1 amide bonds. The van der Waals surface area contributed by atoms with Gasteiger partial charge in [0.1, 0.15) is 17.8 Å². The van der Waals surface area contributed by atoms with Gasteiger partial charge in [-0.05, 0) is 36.4 Å². The molecular weight excluding hydrogens is 325 g/mol. The zero-order chi connectivity index (χ0) is 17.6. The van der Waals surface area contributed by atoms with Crippen molar-refractivity contribution in [2.75, 3.05) is 16.5 Å². The first-order chi connectivity index (χ1) is 12.1. The first kappa shape index (κ1) is 16.1. The Morgan fingerprint density at radius 3 is 2.56 bits per heavy atom. The standard InChI is InChI=1S/C16H14FN7O/c17-11-3-5-12(6-4-11)22-14-13(18)15(21-9-20-14)23-24-16(25)10-2-1-7-19-8-10/h1-9H,18H2,(H,24,25)(H2,20,21,22,23). The molecule has 3 aromatic rings. The summed E-state index contributed by atoms with van der Waals surface area (Å²) in [7, 11) is 0. The second-order valence-corrected chi connectivity index (χ2v) is 4.94. The highest BCUT2D eigenvalue weighted by atomic mass is 19.1. The van der Waals surface area contributed by atoms with Crippen LogP contribution in [0.5, 0.6) is 0 Å². The molecule has 0 aliphatic carbocycles. The van der Waals surface area contributed by atoms with Crippen molar-refractivity contribution in [1.82, 2.24) is 20.4 Å². The third kappa shape index (κ3) is 3.96. The van der Waals surface area contributed by atoms with E-state index in [1.807, 2.05) is 0 Å². The number of nitrogens with one attached hydrogen (secondary N) is 3. The molecule has 126 valence electrons. The van der Waals surface area contributed by atoms with Crippen molar-refractivity contribution in [3.05, 3.63) is 66.5 Å².